The van der Waals surface area contributed by atoms with Crippen LogP contribution in [0.3, 0.4) is 0 Å². The Bertz CT molecular complexity index is 1150. The minimum absolute atomic E-state index is 0.0644. The van der Waals surface area contributed by atoms with E-state index in [-0.39, 0.29) is 11.0 Å². The van der Waals surface area contributed by atoms with Gasteiger partial charge in [-0.15, -0.1) is 10.2 Å². The molecular formula is C21H20N4O2S. The fourth-order valence-corrected chi connectivity index (χ4v) is 4.20. The number of hydrogen-bond donors (Lipinski definition) is 1. The number of carbonyl (C=O) groups is 1. The van der Waals surface area contributed by atoms with Crippen molar-refractivity contribution in [1.29, 1.82) is 0 Å². The number of methoxy groups -OCH3 is 1. The molecule has 0 aliphatic rings. The van der Waals surface area contributed by atoms with Gasteiger partial charge in [0.1, 0.15) is 12.1 Å². The fraction of sp³-hybridized carbons (Fsp3) is 0.190. The molecule has 1 N–H and O–H groups in total. The van der Waals surface area contributed by atoms with Gasteiger partial charge < -0.3 is 9.72 Å². The number of carbonyl (C=O) groups excluding carboxylic acids is 1. The first-order valence-electron chi connectivity index (χ1n) is 8.91. The molecule has 4 rings (SSSR count). The molecule has 2 aromatic heterocycles. The van der Waals surface area contributed by atoms with Crippen molar-refractivity contribution in [3.8, 4) is 11.4 Å². The number of nitrogens with one attached hydrogen (secondary N) is 1. The zero-order valence-corrected chi connectivity index (χ0v) is 16.7. The predicted octanol–water partition coefficient (Wildman–Crippen LogP) is 4.43. The Labute approximate surface area is 166 Å². The van der Waals surface area contributed by atoms with E-state index < -0.39 is 0 Å². The van der Waals surface area contributed by atoms with E-state index >= 15 is 0 Å². The van der Waals surface area contributed by atoms with Gasteiger partial charge in [-0.3, -0.25) is 9.36 Å². The lowest BCUT2D eigenvalue weighted by Crippen LogP contribution is -2.15. The largest absolute Gasteiger partial charge is 0.495 e. The highest BCUT2D eigenvalue weighted by molar-refractivity contribution is 8.00. The van der Waals surface area contributed by atoms with Crippen LogP contribution in [0.1, 0.15) is 23.0 Å². The Balaban J connectivity index is 1.65. The minimum Gasteiger partial charge on any atom is -0.495 e. The van der Waals surface area contributed by atoms with Gasteiger partial charge in [0.2, 0.25) is 0 Å². The summed E-state index contributed by atoms with van der Waals surface area (Å²) >= 11 is 1.38. The molecule has 28 heavy (non-hydrogen) atoms. The van der Waals surface area contributed by atoms with E-state index in [2.05, 4.69) is 15.2 Å². The summed E-state index contributed by atoms with van der Waals surface area (Å²) in [6.45, 7) is 3.83. The minimum atomic E-state index is -0.324. The normalized spacial score (nSPS) is 12.2. The third-order valence-corrected chi connectivity index (χ3v) is 5.71. The second kappa shape index (κ2) is 7.52. The second-order valence-corrected chi connectivity index (χ2v) is 7.76. The van der Waals surface area contributed by atoms with Crippen LogP contribution in [0.15, 0.2) is 60.0 Å². The molecule has 0 saturated heterocycles. The predicted molar refractivity (Wildman–Crippen MR) is 111 cm³/mol. The van der Waals surface area contributed by atoms with Crippen molar-refractivity contribution < 1.29 is 9.53 Å². The van der Waals surface area contributed by atoms with Gasteiger partial charge in [0, 0.05) is 22.2 Å². The molecule has 0 radical (unpaired) electrons. The third-order valence-electron chi connectivity index (χ3n) is 4.65. The molecule has 0 unspecified atom stereocenters. The van der Waals surface area contributed by atoms with E-state index in [1.165, 1.54) is 11.8 Å². The number of fused-ring (bicyclic) bond motifs is 1. The van der Waals surface area contributed by atoms with Crippen molar-refractivity contribution in [3.05, 3.63) is 66.1 Å². The number of ketones is 1. The first-order chi connectivity index (χ1) is 13.6. The van der Waals surface area contributed by atoms with E-state index in [4.69, 9.17) is 4.74 Å². The van der Waals surface area contributed by atoms with Crippen LogP contribution in [0, 0.1) is 6.92 Å². The lowest BCUT2D eigenvalue weighted by atomic mass is 10.1. The van der Waals surface area contributed by atoms with Crippen LogP contribution >= 0.6 is 11.8 Å². The fourth-order valence-electron chi connectivity index (χ4n) is 3.31. The first kappa shape index (κ1) is 18.3. The Hall–Kier alpha value is -3.06. The summed E-state index contributed by atoms with van der Waals surface area (Å²) in [4.78, 5) is 16.5. The van der Waals surface area contributed by atoms with Crippen LogP contribution in [0.5, 0.6) is 5.75 Å². The molecule has 7 heteroatoms. The molecule has 4 aromatic rings. The molecule has 0 amide bonds. The van der Waals surface area contributed by atoms with Crippen molar-refractivity contribution in [1.82, 2.24) is 19.7 Å². The quantitative estimate of drug-likeness (QED) is 0.388. The van der Waals surface area contributed by atoms with Gasteiger partial charge in [-0.1, -0.05) is 42.1 Å². The Kier molecular flexibility index (Phi) is 4.92. The molecule has 2 aromatic carbocycles. The summed E-state index contributed by atoms with van der Waals surface area (Å²) in [6.07, 6.45) is 1.63. The number of H-pyrrole nitrogens is 1. The monoisotopic (exact) mass is 392 g/mol. The number of thioether (sulfide) groups is 1. The number of hydrogen-bond acceptors (Lipinski definition) is 5. The average molecular weight is 392 g/mol. The number of aromatic amines is 1. The first-order valence-corrected chi connectivity index (χ1v) is 9.79. The Morgan fingerprint density at radius 3 is 2.75 bits per heavy atom. The average Bonchev–Trinajstić information content (AvgIpc) is 3.30. The molecule has 6 nitrogen and oxygen atoms in total. The van der Waals surface area contributed by atoms with E-state index in [0.29, 0.717) is 5.16 Å². The summed E-state index contributed by atoms with van der Waals surface area (Å²) in [5.41, 5.74) is 3.42. The zero-order valence-electron chi connectivity index (χ0n) is 15.8. The molecular weight excluding hydrogens is 372 g/mol. The third kappa shape index (κ3) is 3.18. The van der Waals surface area contributed by atoms with Gasteiger partial charge in [0.15, 0.2) is 10.9 Å². The lowest BCUT2D eigenvalue weighted by Gasteiger charge is -2.13. The molecule has 0 saturated carbocycles. The molecule has 142 valence electrons. The van der Waals surface area contributed by atoms with Crippen molar-refractivity contribution in [2.45, 2.75) is 24.3 Å². The number of ether oxygens (including phenoxy) is 1. The highest BCUT2D eigenvalue weighted by atomic mass is 32.2. The van der Waals surface area contributed by atoms with E-state index in [9.17, 15) is 4.79 Å². The molecule has 2 heterocycles. The van der Waals surface area contributed by atoms with Crippen molar-refractivity contribution in [2.24, 2.45) is 0 Å². The van der Waals surface area contributed by atoms with Crippen LogP contribution in [-0.2, 0) is 0 Å². The summed E-state index contributed by atoms with van der Waals surface area (Å²) < 4.78 is 7.29. The molecule has 1 atom stereocenters. The van der Waals surface area contributed by atoms with Crippen molar-refractivity contribution in [2.75, 3.05) is 7.11 Å². The Morgan fingerprint density at radius 1 is 1.18 bits per heavy atom. The maximum Gasteiger partial charge on any atom is 0.196 e. The van der Waals surface area contributed by atoms with Gasteiger partial charge in [-0.05, 0) is 32.0 Å². The zero-order chi connectivity index (χ0) is 19.7. The number of aryl methyl sites for hydroxylation is 1. The van der Waals surface area contributed by atoms with Gasteiger partial charge in [-0.25, -0.2) is 0 Å². The molecule has 0 aliphatic heterocycles. The summed E-state index contributed by atoms with van der Waals surface area (Å²) in [6, 6.07) is 15.5. The number of nitrogens with zero attached hydrogens (tertiary/aromatic N) is 3. The highest BCUT2D eigenvalue weighted by Crippen LogP contribution is 2.32. The summed E-state index contributed by atoms with van der Waals surface area (Å²) in [5, 5.41) is 9.52. The van der Waals surface area contributed by atoms with Crippen molar-refractivity contribution >= 4 is 28.4 Å². The van der Waals surface area contributed by atoms with Crippen LogP contribution in [-0.4, -0.2) is 37.9 Å². The molecule has 0 bridgehead atoms. The van der Waals surface area contributed by atoms with Gasteiger partial charge in [-0.2, -0.15) is 0 Å². The number of aromatic nitrogens is 4. The van der Waals surface area contributed by atoms with E-state index in [1.54, 1.807) is 13.4 Å². The maximum atomic E-state index is 13.2. The van der Waals surface area contributed by atoms with Crippen LogP contribution in [0.2, 0.25) is 0 Å². The van der Waals surface area contributed by atoms with Crippen molar-refractivity contribution in [3.63, 3.8) is 0 Å². The van der Waals surface area contributed by atoms with E-state index in [0.717, 1.165) is 33.6 Å². The second-order valence-electron chi connectivity index (χ2n) is 6.45. The van der Waals surface area contributed by atoms with Crippen LogP contribution in [0.25, 0.3) is 16.6 Å². The van der Waals surface area contributed by atoms with Crippen LogP contribution < -0.4 is 4.74 Å². The number of para-hydroxylation sites is 3. The lowest BCUT2D eigenvalue weighted by molar-refractivity contribution is 0.0995. The maximum absolute atomic E-state index is 13.2. The molecule has 0 fully saturated rings. The summed E-state index contributed by atoms with van der Waals surface area (Å²) in [5.74, 6) is 0.783. The highest BCUT2D eigenvalue weighted by Gasteiger charge is 2.24. The Morgan fingerprint density at radius 2 is 1.93 bits per heavy atom. The molecule has 0 spiro atoms. The summed E-state index contributed by atoms with van der Waals surface area (Å²) in [7, 11) is 1.63. The number of rotatable bonds is 6. The standard InChI is InChI=1S/C21H20N4O2S/c1-13-19(15-8-4-5-9-16(15)23-13)20(26)14(2)28-21-24-22-12-25(21)17-10-6-7-11-18(17)27-3/h4-12,14,23H,1-3H3/t14-/m1/s1. The van der Waals surface area contributed by atoms with Gasteiger partial charge in [0.05, 0.1) is 18.0 Å². The smallest absolute Gasteiger partial charge is 0.196 e. The van der Waals surface area contributed by atoms with E-state index in [1.807, 2.05) is 66.9 Å². The molecule has 0 aliphatic carbocycles. The van der Waals surface area contributed by atoms with Crippen LogP contribution in [0.4, 0.5) is 0 Å². The van der Waals surface area contributed by atoms with Gasteiger partial charge >= 0.3 is 0 Å². The topological polar surface area (TPSA) is 72.8 Å². The SMILES string of the molecule is COc1ccccc1-n1cnnc1S[C@H](C)C(=O)c1c(C)[nH]c2ccccc12. The van der Waals surface area contributed by atoms with Gasteiger partial charge in [0.25, 0.3) is 0 Å². The number of Topliss-reactive ketones (excluding diaryl/α,β-unsaturated/α-hetero) is 1. The number of benzene rings is 2.